The fourth-order valence-electron chi connectivity index (χ4n) is 5.48. The van der Waals surface area contributed by atoms with Gasteiger partial charge in [0.15, 0.2) is 0 Å². The third-order valence-corrected chi connectivity index (χ3v) is 6.78. The monoisotopic (exact) mass is 393 g/mol. The normalized spacial score (nSPS) is 24.4. The van der Waals surface area contributed by atoms with Gasteiger partial charge in [-0.15, -0.1) is 0 Å². The molecule has 2 fully saturated rings. The molecule has 0 saturated carbocycles. The van der Waals surface area contributed by atoms with Crippen molar-refractivity contribution in [2.24, 2.45) is 5.92 Å². The molecule has 0 radical (unpaired) electrons. The van der Waals surface area contributed by atoms with Gasteiger partial charge < -0.3 is 9.47 Å². The standard InChI is InChI=1S/C23H31N5O/c1-16-10-17(2)25-23(24-16)27-12-18-11-20(15-27)21-7-6-19(22(29)28(21)13-18)14-26-8-4-3-5-9-26/h6-7,10,18,20H,3-5,8-9,11-15H2,1-2H3/t18-,20+/m0/s1. The molecule has 0 aliphatic carbocycles. The van der Waals surface area contributed by atoms with Crippen LogP contribution in [0.5, 0.6) is 0 Å². The van der Waals surface area contributed by atoms with E-state index in [1.807, 2.05) is 19.9 Å². The van der Waals surface area contributed by atoms with Crippen LogP contribution in [-0.2, 0) is 13.1 Å². The average Bonchev–Trinajstić information content (AvgIpc) is 2.70. The lowest BCUT2D eigenvalue weighted by atomic mass is 9.83. The van der Waals surface area contributed by atoms with Crippen LogP contribution in [0.2, 0.25) is 0 Å². The molecule has 0 N–H and O–H groups in total. The van der Waals surface area contributed by atoms with Gasteiger partial charge in [0.2, 0.25) is 5.95 Å². The van der Waals surface area contributed by atoms with E-state index in [4.69, 9.17) is 0 Å². The van der Waals surface area contributed by atoms with Gasteiger partial charge in [-0.1, -0.05) is 12.5 Å². The smallest absolute Gasteiger partial charge is 0.255 e. The molecule has 0 unspecified atom stereocenters. The van der Waals surface area contributed by atoms with Crippen molar-refractivity contribution in [3.8, 4) is 0 Å². The minimum Gasteiger partial charge on any atom is -0.340 e. The molecule has 0 amide bonds. The summed E-state index contributed by atoms with van der Waals surface area (Å²) in [5, 5.41) is 0. The Hall–Kier alpha value is -2.21. The molecule has 2 atom stereocenters. The maximum Gasteiger partial charge on any atom is 0.255 e. The van der Waals surface area contributed by atoms with Crippen molar-refractivity contribution >= 4 is 5.95 Å². The minimum absolute atomic E-state index is 0.235. The molecule has 5 heterocycles. The second-order valence-electron chi connectivity index (χ2n) is 9.19. The summed E-state index contributed by atoms with van der Waals surface area (Å²) < 4.78 is 2.08. The first-order valence-corrected chi connectivity index (χ1v) is 11.1. The summed E-state index contributed by atoms with van der Waals surface area (Å²) in [5.41, 5.74) is 4.43. The number of hydrogen-bond acceptors (Lipinski definition) is 5. The second-order valence-corrected chi connectivity index (χ2v) is 9.19. The van der Waals surface area contributed by atoms with Crippen LogP contribution in [0, 0.1) is 19.8 Å². The molecule has 0 aromatic carbocycles. The van der Waals surface area contributed by atoms with E-state index in [1.54, 1.807) is 0 Å². The summed E-state index contributed by atoms with van der Waals surface area (Å²) in [6, 6.07) is 6.33. The summed E-state index contributed by atoms with van der Waals surface area (Å²) in [6.07, 6.45) is 5.00. The number of aromatic nitrogens is 3. The Morgan fingerprint density at radius 2 is 1.76 bits per heavy atom. The Morgan fingerprint density at radius 1 is 1.00 bits per heavy atom. The number of anilines is 1. The molecule has 3 aliphatic heterocycles. The highest BCUT2D eigenvalue weighted by atomic mass is 16.1. The molecule has 2 aromatic heterocycles. The van der Waals surface area contributed by atoms with E-state index >= 15 is 0 Å². The fraction of sp³-hybridized carbons (Fsp3) is 0.609. The van der Waals surface area contributed by atoms with Gasteiger partial charge >= 0.3 is 0 Å². The third kappa shape index (κ3) is 3.70. The molecule has 2 aromatic rings. The first-order valence-electron chi connectivity index (χ1n) is 11.1. The third-order valence-electron chi connectivity index (χ3n) is 6.78. The van der Waals surface area contributed by atoms with Gasteiger partial charge in [-0.25, -0.2) is 9.97 Å². The lowest BCUT2D eigenvalue weighted by molar-refractivity contribution is 0.218. The number of likely N-dealkylation sites (tertiary alicyclic amines) is 1. The topological polar surface area (TPSA) is 54.3 Å². The number of fused-ring (bicyclic) bond motifs is 4. The Kier molecular flexibility index (Phi) is 4.90. The van der Waals surface area contributed by atoms with Crippen LogP contribution in [-0.4, -0.2) is 45.6 Å². The van der Waals surface area contributed by atoms with Gasteiger partial charge in [0, 0.05) is 54.7 Å². The van der Waals surface area contributed by atoms with Gasteiger partial charge in [0.25, 0.3) is 5.56 Å². The number of hydrogen-bond donors (Lipinski definition) is 0. The van der Waals surface area contributed by atoms with E-state index in [9.17, 15) is 4.79 Å². The van der Waals surface area contributed by atoms with Gasteiger partial charge in [-0.2, -0.15) is 0 Å². The largest absolute Gasteiger partial charge is 0.340 e. The van der Waals surface area contributed by atoms with E-state index < -0.39 is 0 Å². The number of piperidine rings is 2. The zero-order chi connectivity index (χ0) is 20.0. The summed E-state index contributed by atoms with van der Waals surface area (Å²) in [4.78, 5) is 27.4. The van der Waals surface area contributed by atoms with Crippen molar-refractivity contribution in [2.45, 2.75) is 58.5 Å². The highest BCUT2D eigenvalue weighted by Crippen LogP contribution is 2.36. The molecule has 6 nitrogen and oxygen atoms in total. The fourth-order valence-corrected chi connectivity index (χ4v) is 5.48. The van der Waals surface area contributed by atoms with Crippen molar-refractivity contribution in [1.29, 1.82) is 0 Å². The lowest BCUT2D eigenvalue weighted by Gasteiger charge is -2.43. The average molecular weight is 394 g/mol. The number of aryl methyl sites for hydroxylation is 2. The summed E-state index contributed by atoms with van der Waals surface area (Å²) in [7, 11) is 0. The molecule has 2 saturated heterocycles. The molecular formula is C23H31N5O. The lowest BCUT2D eigenvalue weighted by Crippen LogP contribution is -2.48. The Bertz CT molecular complexity index is 942. The predicted molar refractivity (Wildman–Crippen MR) is 114 cm³/mol. The molecule has 6 heteroatoms. The van der Waals surface area contributed by atoms with Gasteiger partial charge in [0.05, 0.1) is 0 Å². The van der Waals surface area contributed by atoms with Crippen LogP contribution in [0.4, 0.5) is 5.95 Å². The first-order chi connectivity index (χ1) is 14.1. The molecule has 3 aliphatic rings. The van der Waals surface area contributed by atoms with Crippen molar-refractivity contribution in [3.63, 3.8) is 0 Å². The second kappa shape index (κ2) is 7.56. The SMILES string of the molecule is Cc1cc(C)nc(N2C[C@@H]3C[C@H](C2)c2ccc(CN4CCCCC4)c(=O)n2C3)n1. The summed E-state index contributed by atoms with van der Waals surface area (Å²) in [6.45, 7) is 9.75. The number of rotatable bonds is 3. The van der Waals surface area contributed by atoms with Crippen molar-refractivity contribution in [3.05, 3.63) is 51.2 Å². The summed E-state index contributed by atoms with van der Waals surface area (Å²) in [5.74, 6) is 1.70. The highest BCUT2D eigenvalue weighted by molar-refractivity contribution is 5.36. The predicted octanol–water partition coefficient (Wildman–Crippen LogP) is 2.86. The van der Waals surface area contributed by atoms with E-state index in [2.05, 4.69) is 36.5 Å². The van der Waals surface area contributed by atoms with Crippen LogP contribution in [0.3, 0.4) is 0 Å². The quantitative estimate of drug-likeness (QED) is 0.803. The van der Waals surface area contributed by atoms with Crippen molar-refractivity contribution in [1.82, 2.24) is 19.4 Å². The zero-order valence-corrected chi connectivity index (χ0v) is 17.6. The van der Waals surface area contributed by atoms with Gasteiger partial charge in [-0.05, 0) is 64.3 Å². The van der Waals surface area contributed by atoms with Crippen molar-refractivity contribution in [2.75, 3.05) is 31.1 Å². The van der Waals surface area contributed by atoms with E-state index in [1.165, 1.54) is 25.0 Å². The highest BCUT2D eigenvalue weighted by Gasteiger charge is 2.36. The minimum atomic E-state index is 0.235. The Morgan fingerprint density at radius 3 is 2.52 bits per heavy atom. The maximum atomic E-state index is 13.3. The Labute approximate surface area is 172 Å². The van der Waals surface area contributed by atoms with Crippen LogP contribution in [0.15, 0.2) is 23.0 Å². The summed E-state index contributed by atoms with van der Waals surface area (Å²) >= 11 is 0. The van der Waals surface area contributed by atoms with Crippen LogP contribution >= 0.6 is 0 Å². The molecule has 2 bridgehead atoms. The molecule has 5 rings (SSSR count). The number of pyridine rings is 1. The van der Waals surface area contributed by atoms with Crippen LogP contribution < -0.4 is 10.5 Å². The molecule has 29 heavy (non-hydrogen) atoms. The molecule has 154 valence electrons. The number of nitrogens with zero attached hydrogens (tertiary/aromatic N) is 5. The van der Waals surface area contributed by atoms with E-state index in [-0.39, 0.29) is 5.56 Å². The molecular weight excluding hydrogens is 362 g/mol. The molecule has 0 spiro atoms. The van der Waals surface area contributed by atoms with E-state index in [0.29, 0.717) is 11.8 Å². The van der Waals surface area contributed by atoms with Crippen LogP contribution in [0.1, 0.15) is 54.2 Å². The zero-order valence-electron chi connectivity index (χ0n) is 17.6. The van der Waals surface area contributed by atoms with E-state index in [0.717, 1.165) is 68.6 Å². The van der Waals surface area contributed by atoms with Crippen molar-refractivity contribution < 1.29 is 0 Å². The van der Waals surface area contributed by atoms with Gasteiger partial charge in [0.1, 0.15) is 0 Å². The Balaban J connectivity index is 1.40. The maximum absolute atomic E-state index is 13.3. The van der Waals surface area contributed by atoms with Gasteiger partial charge in [-0.3, -0.25) is 9.69 Å². The van der Waals surface area contributed by atoms with Crippen LogP contribution in [0.25, 0.3) is 0 Å². The first kappa shape index (κ1) is 18.8.